The number of hydrogen-bond donors (Lipinski definition) is 0. The number of carbonyl (C=O) groups is 1. The minimum absolute atomic E-state index is 0.298. The summed E-state index contributed by atoms with van der Waals surface area (Å²) in [6.45, 7) is 8.42. The van der Waals surface area contributed by atoms with E-state index in [0.717, 1.165) is 46.3 Å². The molecule has 0 fully saturated rings. The zero-order chi connectivity index (χ0) is 26.3. The summed E-state index contributed by atoms with van der Waals surface area (Å²) in [5, 5.41) is 1.99. The summed E-state index contributed by atoms with van der Waals surface area (Å²) in [6.07, 6.45) is 3.60. The number of aromatic nitrogens is 3. The van der Waals surface area contributed by atoms with E-state index in [0.29, 0.717) is 23.6 Å². The van der Waals surface area contributed by atoms with Crippen molar-refractivity contribution in [3.8, 4) is 17.0 Å². The quantitative estimate of drug-likeness (QED) is 0.226. The first-order valence-electron chi connectivity index (χ1n) is 12.8. The number of anilines is 1. The minimum Gasteiger partial charge on any atom is -0.493 e. The van der Waals surface area contributed by atoms with Crippen LogP contribution in [-0.2, 0) is 10.3 Å². The molecule has 0 saturated heterocycles. The third-order valence-electron chi connectivity index (χ3n) is 7.04. The topological polar surface area (TPSA) is 69.0 Å². The van der Waals surface area contributed by atoms with Crippen molar-refractivity contribution < 1.29 is 14.3 Å². The lowest BCUT2D eigenvalue weighted by Gasteiger charge is -2.32. The molecular weight excluding hydrogens is 496 g/mol. The highest BCUT2D eigenvalue weighted by Crippen LogP contribution is 2.52. The minimum atomic E-state index is -1.32. The van der Waals surface area contributed by atoms with Crippen LogP contribution in [0.4, 0.5) is 5.69 Å². The number of esters is 1. The zero-order valence-corrected chi connectivity index (χ0v) is 22.4. The molecule has 1 unspecified atom stereocenters. The summed E-state index contributed by atoms with van der Waals surface area (Å²) >= 11 is 1.54. The highest BCUT2D eigenvalue weighted by atomic mass is 32.1. The molecule has 0 bridgehead atoms. The van der Waals surface area contributed by atoms with Crippen molar-refractivity contribution in [3.05, 3.63) is 101 Å². The molecule has 1 atom stereocenters. The lowest BCUT2D eigenvalue weighted by Crippen LogP contribution is -2.32. The molecule has 0 N–H and O–H groups in total. The number of fused-ring (bicyclic) bond motifs is 2. The first-order chi connectivity index (χ1) is 18.6. The van der Waals surface area contributed by atoms with Gasteiger partial charge in [0.25, 0.3) is 0 Å². The first-order valence-corrected chi connectivity index (χ1v) is 13.7. The van der Waals surface area contributed by atoms with E-state index in [2.05, 4.69) is 29.8 Å². The molecule has 1 aliphatic rings. The van der Waals surface area contributed by atoms with Crippen LogP contribution in [0.3, 0.4) is 0 Å². The molecule has 3 aromatic heterocycles. The van der Waals surface area contributed by atoms with Crippen LogP contribution in [-0.4, -0.2) is 40.0 Å². The lowest BCUT2D eigenvalue weighted by atomic mass is 9.81. The predicted molar refractivity (Wildman–Crippen MR) is 149 cm³/mol. The number of cyclic esters (lactones) is 1. The van der Waals surface area contributed by atoms with E-state index < -0.39 is 11.6 Å². The Kier molecular flexibility index (Phi) is 6.12. The van der Waals surface area contributed by atoms with Crippen LogP contribution in [0.25, 0.3) is 16.2 Å². The van der Waals surface area contributed by atoms with Gasteiger partial charge in [0, 0.05) is 59.3 Å². The molecule has 0 saturated carbocycles. The number of ether oxygens (including phenoxy) is 2. The molecule has 1 aliphatic heterocycles. The molecule has 38 heavy (non-hydrogen) atoms. The Morgan fingerprint density at radius 3 is 2.58 bits per heavy atom. The first kappa shape index (κ1) is 24.2. The van der Waals surface area contributed by atoms with Crippen LogP contribution in [0.2, 0.25) is 0 Å². The SMILES string of the molecule is CCOc1cc(N(CC)CC)ccc1C1(c2c(-c3ccccc3)nc3sccn23)OC(=O)c2ncccc21. The maximum absolute atomic E-state index is 13.4. The highest BCUT2D eigenvalue weighted by Gasteiger charge is 2.54. The number of imidazole rings is 1. The second kappa shape index (κ2) is 9.61. The van der Waals surface area contributed by atoms with Gasteiger partial charge in [-0.3, -0.25) is 4.40 Å². The smallest absolute Gasteiger partial charge is 0.359 e. The molecule has 5 aromatic rings. The molecule has 8 heteroatoms. The van der Waals surface area contributed by atoms with Crippen LogP contribution in [0.5, 0.6) is 5.75 Å². The summed E-state index contributed by atoms with van der Waals surface area (Å²) in [7, 11) is 0. The maximum atomic E-state index is 13.4. The second-order valence-electron chi connectivity index (χ2n) is 8.99. The average molecular weight is 525 g/mol. The Hall–Kier alpha value is -4.17. The van der Waals surface area contributed by atoms with E-state index in [1.54, 1.807) is 6.20 Å². The van der Waals surface area contributed by atoms with Crippen LogP contribution in [0, 0.1) is 0 Å². The largest absolute Gasteiger partial charge is 0.493 e. The fraction of sp³-hybridized carbons (Fsp3) is 0.233. The molecule has 6 rings (SSSR count). The molecule has 0 radical (unpaired) electrons. The summed E-state index contributed by atoms with van der Waals surface area (Å²) in [5.74, 6) is 0.186. The number of thiazole rings is 1. The van der Waals surface area contributed by atoms with Gasteiger partial charge >= 0.3 is 5.97 Å². The molecule has 0 spiro atoms. The van der Waals surface area contributed by atoms with Crippen molar-refractivity contribution in [3.63, 3.8) is 0 Å². The Balaban J connectivity index is 1.72. The number of carbonyl (C=O) groups excluding carboxylic acids is 1. The van der Waals surface area contributed by atoms with Gasteiger partial charge in [-0.25, -0.2) is 14.8 Å². The third kappa shape index (κ3) is 3.59. The molecule has 4 heterocycles. The number of nitrogens with zero attached hydrogens (tertiary/aromatic N) is 4. The average Bonchev–Trinajstić information content (AvgIpc) is 3.63. The molecule has 0 amide bonds. The number of hydrogen-bond acceptors (Lipinski definition) is 7. The Bertz CT molecular complexity index is 1620. The van der Waals surface area contributed by atoms with Crippen LogP contribution in [0.1, 0.15) is 48.1 Å². The van der Waals surface area contributed by atoms with E-state index >= 15 is 0 Å². The van der Waals surface area contributed by atoms with Crippen molar-refractivity contribution >= 4 is 28.0 Å². The molecule has 2 aromatic carbocycles. The van der Waals surface area contributed by atoms with E-state index in [4.69, 9.17) is 14.5 Å². The van der Waals surface area contributed by atoms with Crippen LogP contribution in [0.15, 0.2) is 78.4 Å². The van der Waals surface area contributed by atoms with Crippen LogP contribution >= 0.6 is 11.3 Å². The van der Waals surface area contributed by atoms with Gasteiger partial charge in [0.1, 0.15) is 11.4 Å². The fourth-order valence-electron chi connectivity index (χ4n) is 5.38. The highest BCUT2D eigenvalue weighted by molar-refractivity contribution is 7.15. The standard InChI is InChI=1S/C30H28N4O3S/c1-4-33(5-2)21-14-15-22(24(19-21)36-6-3)30(23-13-10-16-31-26(23)28(35)37-30)27-25(20-11-8-7-9-12-20)32-29-34(27)17-18-38-29/h7-19H,4-6H2,1-3H3. The maximum Gasteiger partial charge on any atom is 0.359 e. The monoisotopic (exact) mass is 524 g/mol. The van der Waals surface area contributed by atoms with Crippen molar-refractivity contribution in [2.75, 3.05) is 24.6 Å². The predicted octanol–water partition coefficient (Wildman–Crippen LogP) is 6.17. The van der Waals surface area contributed by atoms with E-state index in [1.165, 1.54) is 11.3 Å². The second-order valence-corrected chi connectivity index (χ2v) is 9.86. The van der Waals surface area contributed by atoms with Crippen molar-refractivity contribution in [1.82, 2.24) is 14.4 Å². The number of pyridine rings is 1. The van der Waals surface area contributed by atoms with Gasteiger partial charge in [0.05, 0.1) is 12.3 Å². The van der Waals surface area contributed by atoms with Crippen molar-refractivity contribution in [2.45, 2.75) is 26.4 Å². The molecule has 0 aliphatic carbocycles. The van der Waals surface area contributed by atoms with E-state index in [1.807, 2.05) is 77.5 Å². The molecule has 7 nitrogen and oxygen atoms in total. The van der Waals surface area contributed by atoms with Gasteiger partial charge in [-0.2, -0.15) is 0 Å². The van der Waals surface area contributed by atoms with Gasteiger partial charge in [-0.05, 0) is 39.0 Å². The Morgan fingerprint density at radius 1 is 1.00 bits per heavy atom. The van der Waals surface area contributed by atoms with Gasteiger partial charge in [-0.1, -0.05) is 36.4 Å². The Morgan fingerprint density at radius 2 is 1.82 bits per heavy atom. The fourth-order valence-corrected chi connectivity index (χ4v) is 6.09. The van der Waals surface area contributed by atoms with Crippen molar-refractivity contribution in [1.29, 1.82) is 0 Å². The normalized spacial score (nSPS) is 16.4. The number of benzene rings is 2. The number of rotatable bonds is 8. The van der Waals surface area contributed by atoms with Gasteiger partial charge in [0.15, 0.2) is 10.7 Å². The van der Waals surface area contributed by atoms with Gasteiger partial charge in [0.2, 0.25) is 5.60 Å². The molecular formula is C30H28N4O3S. The third-order valence-corrected chi connectivity index (χ3v) is 7.80. The summed E-state index contributed by atoms with van der Waals surface area (Å²) in [5.41, 5.74) is 3.86. The van der Waals surface area contributed by atoms with Crippen LogP contribution < -0.4 is 9.64 Å². The summed E-state index contributed by atoms with van der Waals surface area (Å²) < 4.78 is 14.8. The lowest BCUT2D eigenvalue weighted by molar-refractivity contribution is 0.0228. The van der Waals surface area contributed by atoms with Crippen molar-refractivity contribution in [2.24, 2.45) is 0 Å². The Labute approximate surface area is 225 Å². The summed E-state index contributed by atoms with van der Waals surface area (Å²) in [6, 6.07) is 19.9. The molecule has 192 valence electrons. The summed E-state index contributed by atoms with van der Waals surface area (Å²) in [4.78, 5) is 26.0. The van der Waals surface area contributed by atoms with E-state index in [-0.39, 0.29) is 0 Å². The van der Waals surface area contributed by atoms with Gasteiger partial charge in [-0.15, -0.1) is 11.3 Å². The van der Waals surface area contributed by atoms with Gasteiger partial charge < -0.3 is 14.4 Å². The van der Waals surface area contributed by atoms with E-state index in [9.17, 15) is 4.79 Å². The zero-order valence-electron chi connectivity index (χ0n) is 21.5.